The Hall–Kier alpha value is -3.20. The van der Waals surface area contributed by atoms with Crippen LogP contribution in [0, 0.1) is 5.92 Å². The predicted octanol–water partition coefficient (Wildman–Crippen LogP) is 2.44. The van der Waals surface area contributed by atoms with Crippen LogP contribution >= 0.6 is 0 Å². The molecule has 5 rings (SSSR count). The smallest absolute Gasteiger partial charge is 0.432 e. The Kier molecular flexibility index (Phi) is 3.85. The van der Waals surface area contributed by atoms with E-state index in [-0.39, 0.29) is 4.90 Å². The Morgan fingerprint density at radius 1 is 1.13 bits per heavy atom. The quantitative estimate of drug-likeness (QED) is 0.646. The highest BCUT2D eigenvalue weighted by Crippen LogP contribution is 2.57. The number of hydrazone groups is 1. The van der Waals surface area contributed by atoms with Crippen LogP contribution in [0.1, 0.15) is 30.0 Å². The molecule has 0 radical (unpaired) electrons. The highest BCUT2D eigenvalue weighted by molar-refractivity contribution is 7.90. The topological polar surface area (TPSA) is 96.3 Å². The van der Waals surface area contributed by atoms with Gasteiger partial charge >= 0.3 is 6.09 Å². The fourth-order valence-corrected chi connectivity index (χ4v) is 7.00. The summed E-state index contributed by atoms with van der Waals surface area (Å²) in [7, 11) is -2.97. The lowest BCUT2D eigenvalue weighted by atomic mass is 9.73. The molecule has 3 aliphatic rings. The SMILES string of the molecule is COC(=O)N1N=C2c3ccccc3CCC2C12c1ccccc1S(=O)(=O)N2C(C)=O. The van der Waals surface area contributed by atoms with Crippen LogP contribution in [0.15, 0.2) is 58.5 Å². The van der Waals surface area contributed by atoms with Crippen molar-refractivity contribution in [1.29, 1.82) is 0 Å². The number of rotatable bonds is 0. The van der Waals surface area contributed by atoms with Crippen molar-refractivity contribution in [1.82, 2.24) is 9.31 Å². The van der Waals surface area contributed by atoms with Gasteiger partial charge in [-0.25, -0.2) is 17.5 Å². The van der Waals surface area contributed by atoms with E-state index in [2.05, 4.69) is 5.10 Å². The van der Waals surface area contributed by atoms with Gasteiger partial charge in [-0.15, -0.1) is 0 Å². The monoisotopic (exact) mass is 425 g/mol. The molecule has 2 heterocycles. The summed E-state index contributed by atoms with van der Waals surface area (Å²) in [4.78, 5) is 25.7. The summed E-state index contributed by atoms with van der Waals surface area (Å²) in [6.07, 6.45) is 0.370. The van der Waals surface area contributed by atoms with E-state index in [1.807, 2.05) is 24.3 Å². The molecule has 0 N–H and O–H groups in total. The highest BCUT2D eigenvalue weighted by Gasteiger charge is 2.68. The standard InChI is InChI=1S/C21H19N3O5S/c1-13(25)24-21(16-9-5-6-10-18(16)30(24,27)28)17-12-11-14-7-3-4-8-15(14)19(17)22-23(21)20(26)29-2/h3-10,17H,11-12H2,1-2H3. The Labute approximate surface area is 173 Å². The Bertz CT molecular complexity index is 1240. The maximum Gasteiger partial charge on any atom is 0.432 e. The molecule has 0 aromatic heterocycles. The molecule has 9 heteroatoms. The molecule has 0 bridgehead atoms. The summed E-state index contributed by atoms with van der Waals surface area (Å²) in [5, 5.41) is 5.61. The number of hydrogen-bond acceptors (Lipinski definition) is 6. The van der Waals surface area contributed by atoms with Gasteiger partial charge < -0.3 is 4.74 Å². The molecule has 0 saturated carbocycles. The second-order valence-electron chi connectivity index (χ2n) is 7.53. The first-order valence-electron chi connectivity index (χ1n) is 9.55. The third-order valence-corrected chi connectivity index (χ3v) is 8.02. The van der Waals surface area contributed by atoms with E-state index in [0.717, 1.165) is 20.4 Å². The third kappa shape index (κ3) is 2.10. The number of methoxy groups -OCH3 is 1. The minimum atomic E-state index is -4.18. The van der Waals surface area contributed by atoms with Crippen LogP contribution in [0.5, 0.6) is 0 Å². The van der Waals surface area contributed by atoms with Gasteiger partial charge in [0.25, 0.3) is 10.0 Å². The molecule has 2 amide bonds. The van der Waals surface area contributed by atoms with E-state index in [1.54, 1.807) is 18.2 Å². The predicted molar refractivity (Wildman–Crippen MR) is 107 cm³/mol. The minimum absolute atomic E-state index is 0.00408. The Morgan fingerprint density at radius 2 is 1.83 bits per heavy atom. The summed E-state index contributed by atoms with van der Waals surface area (Å²) in [6.45, 7) is 1.19. The van der Waals surface area contributed by atoms with Crippen LogP contribution in [0.4, 0.5) is 4.79 Å². The number of sulfonamides is 1. The molecule has 2 unspecified atom stereocenters. The third-order valence-electron chi connectivity index (χ3n) is 6.09. The zero-order valence-corrected chi connectivity index (χ0v) is 17.2. The van der Waals surface area contributed by atoms with Crippen LogP contribution in [0.25, 0.3) is 0 Å². The van der Waals surface area contributed by atoms with Gasteiger partial charge in [-0.1, -0.05) is 42.5 Å². The molecule has 2 atom stereocenters. The van der Waals surface area contributed by atoms with Crippen molar-refractivity contribution in [3.8, 4) is 0 Å². The van der Waals surface area contributed by atoms with Crippen molar-refractivity contribution in [3.63, 3.8) is 0 Å². The number of fused-ring (bicyclic) bond motifs is 6. The Morgan fingerprint density at radius 3 is 2.57 bits per heavy atom. The number of nitrogens with zero attached hydrogens (tertiary/aromatic N) is 3. The highest BCUT2D eigenvalue weighted by atomic mass is 32.2. The zero-order valence-electron chi connectivity index (χ0n) is 16.4. The van der Waals surface area contributed by atoms with Crippen LogP contribution in [0.3, 0.4) is 0 Å². The summed E-state index contributed by atoms with van der Waals surface area (Å²) < 4.78 is 32.7. The molecule has 8 nitrogen and oxygen atoms in total. The van der Waals surface area contributed by atoms with E-state index in [4.69, 9.17) is 4.74 Å². The van der Waals surface area contributed by atoms with Gasteiger partial charge in [0.05, 0.1) is 23.6 Å². The largest absolute Gasteiger partial charge is 0.451 e. The molecular weight excluding hydrogens is 406 g/mol. The van der Waals surface area contributed by atoms with Crippen molar-refractivity contribution in [3.05, 3.63) is 65.2 Å². The summed E-state index contributed by atoms with van der Waals surface area (Å²) in [5.74, 6) is -1.20. The molecule has 1 spiro atoms. The van der Waals surface area contributed by atoms with E-state index in [9.17, 15) is 18.0 Å². The second kappa shape index (κ2) is 6.15. The molecule has 154 valence electrons. The normalized spacial score (nSPS) is 25.4. The van der Waals surface area contributed by atoms with Gasteiger partial charge in [0.15, 0.2) is 5.66 Å². The van der Waals surface area contributed by atoms with Gasteiger partial charge in [0.1, 0.15) is 0 Å². The van der Waals surface area contributed by atoms with Gasteiger partial charge in [0.2, 0.25) is 5.91 Å². The van der Waals surface area contributed by atoms with E-state index in [0.29, 0.717) is 24.1 Å². The van der Waals surface area contributed by atoms with Crippen LogP contribution in [-0.2, 0) is 31.6 Å². The lowest BCUT2D eigenvalue weighted by Crippen LogP contribution is -2.60. The lowest BCUT2D eigenvalue weighted by Gasteiger charge is -2.43. The van der Waals surface area contributed by atoms with Crippen molar-refractivity contribution in [2.75, 3.05) is 7.11 Å². The fraction of sp³-hybridized carbons (Fsp3) is 0.286. The number of amides is 2. The lowest BCUT2D eigenvalue weighted by molar-refractivity contribution is -0.135. The maximum atomic E-state index is 13.4. The van der Waals surface area contributed by atoms with Crippen molar-refractivity contribution in [2.45, 2.75) is 30.3 Å². The molecule has 1 aliphatic carbocycles. The average molecular weight is 425 g/mol. The van der Waals surface area contributed by atoms with E-state index >= 15 is 0 Å². The molecule has 0 fully saturated rings. The minimum Gasteiger partial charge on any atom is -0.451 e. The summed E-state index contributed by atoms with van der Waals surface area (Å²) in [6, 6.07) is 14.1. The summed E-state index contributed by atoms with van der Waals surface area (Å²) >= 11 is 0. The fourth-order valence-electron chi connectivity index (χ4n) is 5.05. The number of hydrogen-bond donors (Lipinski definition) is 0. The summed E-state index contributed by atoms with van der Waals surface area (Å²) in [5.41, 5.74) is 1.23. The number of carbonyl (C=O) groups excluding carboxylic acids is 2. The van der Waals surface area contributed by atoms with Gasteiger partial charge in [-0.2, -0.15) is 10.1 Å². The first kappa shape index (κ1) is 18.8. The zero-order chi connectivity index (χ0) is 21.3. The van der Waals surface area contributed by atoms with Crippen LogP contribution in [0.2, 0.25) is 0 Å². The van der Waals surface area contributed by atoms with Crippen molar-refractivity contribution < 1.29 is 22.7 Å². The molecule has 0 saturated heterocycles. The maximum absolute atomic E-state index is 13.4. The Balaban J connectivity index is 1.86. The van der Waals surface area contributed by atoms with Gasteiger partial charge in [-0.05, 0) is 24.5 Å². The first-order chi connectivity index (χ1) is 14.3. The van der Waals surface area contributed by atoms with Crippen LogP contribution < -0.4 is 0 Å². The second-order valence-corrected chi connectivity index (χ2v) is 9.28. The number of benzene rings is 2. The van der Waals surface area contributed by atoms with Gasteiger partial charge in [-0.3, -0.25) is 4.79 Å². The van der Waals surface area contributed by atoms with Gasteiger partial charge in [0, 0.05) is 18.1 Å². The molecular formula is C21H19N3O5S. The van der Waals surface area contributed by atoms with E-state index < -0.39 is 33.6 Å². The number of ether oxygens (including phenoxy) is 1. The number of carbonyl (C=O) groups is 2. The van der Waals surface area contributed by atoms with Crippen LogP contribution in [-0.4, -0.2) is 42.6 Å². The molecule has 2 aromatic carbocycles. The average Bonchev–Trinajstić information content (AvgIpc) is 3.18. The molecule has 2 aliphatic heterocycles. The van der Waals surface area contributed by atoms with E-state index in [1.165, 1.54) is 20.1 Å². The molecule has 2 aromatic rings. The first-order valence-corrected chi connectivity index (χ1v) is 11.0. The van der Waals surface area contributed by atoms with Crippen molar-refractivity contribution in [2.24, 2.45) is 11.0 Å². The number of aryl methyl sites for hydroxylation is 1. The van der Waals surface area contributed by atoms with Crippen molar-refractivity contribution >= 4 is 27.7 Å². The molecule has 30 heavy (non-hydrogen) atoms.